The Labute approximate surface area is 315 Å². The van der Waals surface area contributed by atoms with Crippen LogP contribution in [0.2, 0.25) is 0 Å². The number of hydrogen-bond donors (Lipinski definition) is 8. The van der Waals surface area contributed by atoms with Crippen LogP contribution < -0.4 is 38.5 Å². The van der Waals surface area contributed by atoms with E-state index in [2.05, 4.69) is 26.3 Å². The third kappa shape index (κ3) is 11.7. The smallest absolute Gasteiger partial charge is 0.243 e. The summed E-state index contributed by atoms with van der Waals surface area (Å²) in [5, 5.41) is 23.0. The predicted octanol–water partition coefficient (Wildman–Crippen LogP) is 0.705. The summed E-state index contributed by atoms with van der Waals surface area (Å²) in [5.41, 5.74) is 16.3. The highest BCUT2D eigenvalue weighted by Gasteiger charge is 2.43. The van der Waals surface area contributed by atoms with Crippen molar-refractivity contribution in [1.82, 2.24) is 26.2 Å². The maximum atomic E-state index is 14.2. The average Bonchev–Trinajstić information content (AvgIpc) is 3.16. The molecule has 1 fully saturated rings. The van der Waals surface area contributed by atoms with Gasteiger partial charge in [-0.25, -0.2) is 0 Å². The quantitative estimate of drug-likeness (QED) is 0.0469. The molecule has 0 radical (unpaired) electrons. The fourth-order valence-corrected chi connectivity index (χ4v) is 6.67. The van der Waals surface area contributed by atoms with Gasteiger partial charge < -0.3 is 43.6 Å². The van der Waals surface area contributed by atoms with Crippen molar-refractivity contribution in [1.29, 1.82) is 0 Å². The van der Waals surface area contributed by atoms with Crippen LogP contribution in [0.3, 0.4) is 0 Å². The Morgan fingerprint density at radius 3 is 2.26 bits per heavy atom. The molecule has 3 aromatic rings. The first kappa shape index (κ1) is 41.2. The molecule has 15 nitrogen and oxygen atoms in total. The van der Waals surface area contributed by atoms with Crippen molar-refractivity contribution in [3.63, 3.8) is 0 Å². The van der Waals surface area contributed by atoms with Gasteiger partial charge in [0.2, 0.25) is 23.6 Å². The van der Waals surface area contributed by atoms with Gasteiger partial charge in [-0.15, -0.1) is 0 Å². The Morgan fingerprint density at radius 2 is 1.56 bits per heavy atom. The molecular weight excluding hydrogens is 690 g/mol. The van der Waals surface area contributed by atoms with Crippen LogP contribution in [0, 0.1) is 0 Å². The third-order valence-electron chi connectivity index (χ3n) is 9.56. The number of amides is 4. The van der Waals surface area contributed by atoms with E-state index in [1.54, 1.807) is 24.0 Å². The highest BCUT2D eigenvalue weighted by atomic mass is 16.3. The normalized spacial score (nSPS) is 21.6. The SMILES string of the molecule is CC1C(=O)NC(CCCN=C(N)N)C(=O)NC(Cc2ccc3ccccc3c2)C(=O)NCC(=O)NC(C=O)(Cc2ccc(O)cc2)N1CCCCCCN. The van der Waals surface area contributed by atoms with E-state index >= 15 is 0 Å². The van der Waals surface area contributed by atoms with E-state index in [-0.39, 0.29) is 44.1 Å². The van der Waals surface area contributed by atoms with Crippen molar-refractivity contribution in [3.8, 4) is 5.75 Å². The van der Waals surface area contributed by atoms with Crippen LogP contribution in [0.4, 0.5) is 0 Å². The van der Waals surface area contributed by atoms with Crippen molar-refractivity contribution >= 4 is 46.6 Å². The molecule has 1 aliphatic heterocycles. The first-order chi connectivity index (χ1) is 25.9. The summed E-state index contributed by atoms with van der Waals surface area (Å²) < 4.78 is 0. The summed E-state index contributed by atoms with van der Waals surface area (Å²) in [5.74, 6) is -2.59. The molecule has 0 aromatic heterocycles. The number of aliphatic imine (C=N–C) groups is 1. The molecule has 11 N–H and O–H groups in total. The second-order valence-corrected chi connectivity index (χ2v) is 13.7. The van der Waals surface area contributed by atoms with E-state index in [1.165, 1.54) is 12.1 Å². The summed E-state index contributed by atoms with van der Waals surface area (Å²) in [6, 6.07) is 16.4. The number of nitrogens with one attached hydrogen (secondary N) is 4. The summed E-state index contributed by atoms with van der Waals surface area (Å²) in [4.78, 5) is 74.7. The molecule has 0 aliphatic carbocycles. The van der Waals surface area contributed by atoms with Crippen molar-refractivity contribution < 1.29 is 29.1 Å². The molecule has 290 valence electrons. The number of phenolic OH excluding ortho intramolecular Hbond substituents is 1. The van der Waals surface area contributed by atoms with Gasteiger partial charge in [0.15, 0.2) is 17.9 Å². The van der Waals surface area contributed by atoms with Gasteiger partial charge in [-0.05, 0) is 73.2 Å². The number of unbranched alkanes of at least 4 members (excludes halogenated alkanes) is 3. The van der Waals surface area contributed by atoms with E-state index in [0.717, 1.165) is 35.6 Å². The number of carbonyl (C=O) groups is 5. The molecule has 1 heterocycles. The van der Waals surface area contributed by atoms with E-state index in [1.807, 2.05) is 42.5 Å². The second-order valence-electron chi connectivity index (χ2n) is 13.7. The van der Waals surface area contributed by atoms with Crippen LogP contribution in [0.15, 0.2) is 71.7 Å². The van der Waals surface area contributed by atoms with Gasteiger partial charge in [-0.1, -0.05) is 67.4 Å². The zero-order valence-corrected chi connectivity index (χ0v) is 30.8. The van der Waals surface area contributed by atoms with E-state index < -0.39 is 54.0 Å². The number of rotatable bonds is 15. The molecule has 3 aromatic carbocycles. The van der Waals surface area contributed by atoms with Crippen LogP contribution in [0.5, 0.6) is 5.75 Å². The van der Waals surface area contributed by atoms with Crippen molar-refractivity contribution in [2.24, 2.45) is 22.2 Å². The fourth-order valence-electron chi connectivity index (χ4n) is 6.67. The van der Waals surface area contributed by atoms with Gasteiger partial charge in [0, 0.05) is 25.9 Å². The number of guanidine groups is 1. The maximum Gasteiger partial charge on any atom is 0.243 e. The van der Waals surface area contributed by atoms with Gasteiger partial charge in [0.25, 0.3) is 0 Å². The molecule has 4 amide bonds. The monoisotopic (exact) mass is 743 g/mol. The van der Waals surface area contributed by atoms with Crippen LogP contribution in [-0.2, 0) is 36.8 Å². The van der Waals surface area contributed by atoms with E-state index in [9.17, 15) is 29.1 Å². The Morgan fingerprint density at radius 1 is 0.870 bits per heavy atom. The van der Waals surface area contributed by atoms with Crippen molar-refractivity contribution in [2.75, 3.05) is 26.2 Å². The number of phenols is 1. The Kier molecular flexibility index (Phi) is 15.3. The molecule has 1 aliphatic rings. The highest BCUT2D eigenvalue weighted by Crippen LogP contribution is 2.24. The minimum absolute atomic E-state index is 0.0172. The first-order valence-corrected chi connectivity index (χ1v) is 18.4. The standard InChI is InChI=1S/C39H53N9O6/c1-26-35(52)45-32(11-8-19-43-38(41)42)37(54)46-33(22-28-12-15-29-9-4-5-10-30(29)21-28)36(53)44-24-34(51)47-39(25-49,23-27-13-16-31(50)17-14-27)48(26)20-7-3-2-6-18-40/h4-5,9-10,12-17,21,25-26,32-33,50H,2-3,6-8,11,18-20,22-24,40H2,1H3,(H,44,53)(H,45,52)(H,46,54)(H,47,51)(H4,41,42,43). The lowest BCUT2D eigenvalue weighted by Crippen LogP contribution is -2.69. The molecular formula is C39H53N9O6. The Hall–Kier alpha value is -5.54. The summed E-state index contributed by atoms with van der Waals surface area (Å²) in [6.07, 6.45) is 4.01. The number of benzene rings is 3. The van der Waals surface area contributed by atoms with Crippen LogP contribution in [0.25, 0.3) is 10.8 Å². The Bertz CT molecular complexity index is 1780. The molecule has 4 atom stereocenters. The number of fused-ring (bicyclic) bond motifs is 1. The van der Waals surface area contributed by atoms with Gasteiger partial charge >= 0.3 is 0 Å². The molecule has 1 saturated heterocycles. The first-order valence-electron chi connectivity index (χ1n) is 18.4. The highest BCUT2D eigenvalue weighted by molar-refractivity contribution is 5.95. The van der Waals surface area contributed by atoms with Gasteiger partial charge in [-0.2, -0.15) is 0 Å². The third-order valence-corrected chi connectivity index (χ3v) is 9.56. The van der Waals surface area contributed by atoms with Crippen molar-refractivity contribution in [3.05, 3.63) is 77.9 Å². The fraction of sp³-hybridized carbons (Fsp3) is 0.436. The molecule has 15 heteroatoms. The van der Waals surface area contributed by atoms with Crippen LogP contribution in [0.1, 0.15) is 56.6 Å². The second kappa shape index (κ2) is 20.1. The summed E-state index contributed by atoms with van der Waals surface area (Å²) in [6.45, 7) is 2.04. The number of aldehydes is 1. The lowest BCUT2D eigenvalue weighted by molar-refractivity contribution is -0.142. The lowest BCUT2D eigenvalue weighted by Gasteiger charge is -2.44. The topological polar surface area (TPSA) is 247 Å². The number of nitrogens with two attached hydrogens (primary N) is 3. The zero-order valence-electron chi connectivity index (χ0n) is 30.8. The molecule has 0 saturated carbocycles. The van der Waals surface area contributed by atoms with E-state index in [4.69, 9.17) is 17.2 Å². The molecule has 0 bridgehead atoms. The van der Waals surface area contributed by atoms with Crippen molar-refractivity contribution in [2.45, 2.75) is 82.1 Å². The molecule has 0 spiro atoms. The minimum Gasteiger partial charge on any atom is -0.508 e. The zero-order chi connectivity index (χ0) is 39.1. The lowest BCUT2D eigenvalue weighted by atomic mass is 9.95. The van der Waals surface area contributed by atoms with Gasteiger partial charge in [-0.3, -0.25) is 33.9 Å². The predicted molar refractivity (Wildman–Crippen MR) is 207 cm³/mol. The number of hydrogen-bond acceptors (Lipinski definition) is 9. The van der Waals surface area contributed by atoms with Crippen LogP contribution in [-0.4, -0.2) is 95.8 Å². The van der Waals surface area contributed by atoms with Gasteiger partial charge in [0.05, 0.1) is 12.6 Å². The molecule has 54 heavy (non-hydrogen) atoms. The largest absolute Gasteiger partial charge is 0.508 e. The molecule has 4 rings (SSSR count). The maximum absolute atomic E-state index is 14.2. The minimum atomic E-state index is -1.76. The summed E-state index contributed by atoms with van der Waals surface area (Å²) >= 11 is 0. The molecule has 4 unspecified atom stereocenters. The number of nitrogens with zero attached hydrogens (tertiary/aromatic N) is 2. The van der Waals surface area contributed by atoms with E-state index in [0.29, 0.717) is 31.2 Å². The van der Waals surface area contributed by atoms with Gasteiger partial charge in [0.1, 0.15) is 17.8 Å². The van der Waals surface area contributed by atoms with Crippen LogP contribution >= 0.6 is 0 Å². The summed E-state index contributed by atoms with van der Waals surface area (Å²) in [7, 11) is 0. The number of aromatic hydroxyl groups is 1. The average molecular weight is 744 g/mol. The Balaban J connectivity index is 1.73. The number of carbonyl (C=O) groups excluding carboxylic acids is 5.